The van der Waals surface area contributed by atoms with Crippen molar-refractivity contribution in [3.05, 3.63) is 23.8 Å². The summed E-state index contributed by atoms with van der Waals surface area (Å²) in [5.74, 6) is 1.64. The second kappa shape index (κ2) is 7.14. The molecule has 2 rings (SSSR count). The van der Waals surface area contributed by atoms with Crippen LogP contribution < -0.4 is 9.47 Å². The Balaban J connectivity index is 1.86. The van der Waals surface area contributed by atoms with Gasteiger partial charge in [-0.25, -0.2) is 0 Å². The molecule has 1 heterocycles. The Kier molecular flexibility index (Phi) is 5.24. The summed E-state index contributed by atoms with van der Waals surface area (Å²) in [7, 11) is 0. The van der Waals surface area contributed by atoms with Crippen LogP contribution in [0.3, 0.4) is 0 Å². The lowest BCUT2D eigenvalue weighted by atomic mass is 10.1. The van der Waals surface area contributed by atoms with E-state index in [0.717, 1.165) is 17.1 Å². The first-order chi connectivity index (χ1) is 9.74. The lowest BCUT2D eigenvalue weighted by Gasteiger charge is -2.20. The lowest BCUT2D eigenvalue weighted by Crippen LogP contribution is -2.32. The molecule has 1 amide bonds. The summed E-state index contributed by atoms with van der Waals surface area (Å²) in [5, 5.41) is 8.83. The van der Waals surface area contributed by atoms with Crippen LogP contribution in [0.4, 0.5) is 0 Å². The molecule has 0 bridgehead atoms. The molecule has 5 heteroatoms. The number of aliphatic hydroxyl groups excluding tert-OH is 1. The Bertz CT molecular complexity index is 461. The molecule has 5 nitrogen and oxygen atoms in total. The van der Waals surface area contributed by atoms with E-state index in [1.807, 2.05) is 25.1 Å². The number of hydrogen-bond donors (Lipinski definition) is 1. The third kappa shape index (κ3) is 3.63. The van der Waals surface area contributed by atoms with Crippen LogP contribution in [0.2, 0.25) is 0 Å². The standard InChI is InChI=1S/C15H21NO4/c1-2-16(8-3-9-17)15(18)7-5-12-4-6-13-14(10-12)20-11-19-13/h4,6,10,17H,2-3,5,7-9,11H2,1H3. The van der Waals surface area contributed by atoms with Gasteiger partial charge < -0.3 is 19.5 Å². The first-order valence-electron chi connectivity index (χ1n) is 7.01. The van der Waals surface area contributed by atoms with Crippen molar-refractivity contribution in [1.29, 1.82) is 0 Å². The number of benzene rings is 1. The van der Waals surface area contributed by atoms with Gasteiger partial charge in [0.25, 0.3) is 0 Å². The maximum absolute atomic E-state index is 12.1. The van der Waals surface area contributed by atoms with Crippen molar-refractivity contribution in [3.8, 4) is 11.5 Å². The van der Waals surface area contributed by atoms with E-state index < -0.39 is 0 Å². The highest BCUT2D eigenvalue weighted by Crippen LogP contribution is 2.32. The smallest absolute Gasteiger partial charge is 0.231 e. The molecule has 110 valence electrons. The zero-order valence-corrected chi connectivity index (χ0v) is 11.8. The zero-order chi connectivity index (χ0) is 14.4. The van der Waals surface area contributed by atoms with E-state index in [4.69, 9.17) is 14.6 Å². The normalized spacial score (nSPS) is 12.5. The number of fused-ring (bicyclic) bond motifs is 1. The van der Waals surface area contributed by atoms with Gasteiger partial charge in [-0.15, -0.1) is 0 Å². The van der Waals surface area contributed by atoms with Crippen LogP contribution in [0.5, 0.6) is 11.5 Å². The Labute approximate surface area is 119 Å². The van der Waals surface area contributed by atoms with Gasteiger partial charge in [0.1, 0.15) is 0 Å². The van der Waals surface area contributed by atoms with Crippen LogP contribution in [0.1, 0.15) is 25.3 Å². The SMILES string of the molecule is CCN(CCCO)C(=O)CCc1ccc2c(c1)OCO2. The average molecular weight is 279 g/mol. The largest absolute Gasteiger partial charge is 0.454 e. The van der Waals surface area contributed by atoms with Crippen molar-refractivity contribution in [2.24, 2.45) is 0 Å². The number of ether oxygens (including phenoxy) is 2. The highest BCUT2D eigenvalue weighted by Gasteiger charge is 2.15. The molecule has 0 saturated heterocycles. The number of amides is 1. The summed E-state index contributed by atoms with van der Waals surface area (Å²) >= 11 is 0. The van der Waals surface area contributed by atoms with Crippen LogP contribution in [0.15, 0.2) is 18.2 Å². The molecule has 1 aromatic rings. The molecule has 1 aromatic carbocycles. The van der Waals surface area contributed by atoms with E-state index in [2.05, 4.69) is 0 Å². The summed E-state index contributed by atoms with van der Waals surface area (Å²) in [6.45, 7) is 3.64. The van der Waals surface area contributed by atoms with Gasteiger partial charge in [-0.1, -0.05) is 6.07 Å². The molecular weight excluding hydrogens is 258 g/mol. The summed E-state index contributed by atoms with van der Waals surface area (Å²) in [4.78, 5) is 13.9. The van der Waals surface area contributed by atoms with E-state index in [1.165, 1.54) is 0 Å². The van der Waals surface area contributed by atoms with Gasteiger partial charge in [0.2, 0.25) is 12.7 Å². The maximum Gasteiger partial charge on any atom is 0.231 e. The number of rotatable bonds is 7. The molecule has 0 radical (unpaired) electrons. The van der Waals surface area contributed by atoms with Crippen molar-refractivity contribution < 1.29 is 19.4 Å². The summed E-state index contributed by atoms with van der Waals surface area (Å²) in [6, 6.07) is 5.77. The Hall–Kier alpha value is -1.75. The van der Waals surface area contributed by atoms with Gasteiger partial charge in [0.15, 0.2) is 11.5 Å². The molecule has 20 heavy (non-hydrogen) atoms. The average Bonchev–Trinajstić information content (AvgIpc) is 2.93. The fraction of sp³-hybridized carbons (Fsp3) is 0.533. The Morgan fingerprint density at radius 3 is 2.90 bits per heavy atom. The third-order valence-electron chi connectivity index (χ3n) is 3.39. The van der Waals surface area contributed by atoms with Crippen LogP contribution >= 0.6 is 0 Å². The van der Waals surface area contributed by atoms with Crippen molar-refractivity contribution in [2.45, 2.75) is 26.2 Å². The fourth-order valence-electron chi connectivity index (χ4n) is 2.23. The monoisotopic (exact) mass is 279 g/mol. The lowest BCUT2D eigenvalue weighted by molar-refractivity contribution is -0.131. The topological polar surface area (TPSA) is 59.0 Å². The molecule has 0 saturated carbocycles. The molecule has 0 atom stereocenters. The molecule has 1 N–H and O–H groups in total. The number of nitrogens with zero attached hydrogens (tertiary/aromatic N) is 1. The quantitative estimate of drug-likeness (QED) is 0.823. The highest BCUT2D eigenvalue weighted by atomic mass is 16.7. The van der Waals surface area contributed by atoms with Crippen molar-refractivity contribution >= 4 is 5.91 Å². The minimum Gasteiger partial charge on any atom is -0.454 e. The van der Waals surface area contributed by atoms with E-state index in [1.54, 1.807) is 4.90 Å². The van der Waals surface area contributed by atoms with Gasteiger partial charge in [-0.3, -0.25) is 4.79 Å². The number of aliphatic hydroxyl groups is 1. The van der Waals surface area contributed by atoms with Crippen LogP contribution in [-0.2, 0) is 11.2 Å². The summed E-state index contributed by atoms with van der Waals surface area (Å²) in [5.41, 5.74) is 1.07. The summed E-state index contributed by atoms with van der Waals surface area (Å²) in [6.07, 6.45) is 1.79. The third-order valence-corrected chi connectivity index (χ3v) is 3.39. The predicted molar refractivity (Wildman–Crippen MR) is 74.8 cm³/mol. The van der Waals surface area contributed by atoms with Gasteiger partial charge in [-0.2, -0.15) is 0 Å². The van der Waals surface area contributed by atoms with E-state index in [-0.39, 0.29) is 19.3 Å². The van der Waals surface area contributed by atoms with Gasteiger partial charge in [-0.05, 0) is 37.5 Å². The fourth-order valence-corrected chi connectivity index (χ4v) is 2.23. The molecule has 0 aromatic heterocycles. The number of aryl methyl sites for hydroxylation is 1. The molecule has 0 aliphatic carbocycles. The molecule has 1 aliphatic heterocycles. The van der Waals surface area contributed by atoms with Crippen LogP contribution in [0, 0.1) is 0 Å². The minimum absolute atomic E-state index is 0.117. The first kappa shape index (κ1) is 14.7. The molecular formula is C15H21NO4. The van der Waals surface area contributed by atoms with Crippen molar-refractivity contribution in [2.75, 3.05) is 26.5 Å². The zero-order valence-electron chi connectivity index (χ0n) is 11.8. The Morgan fingerprint density at radius 1 is 1.35 bits per heavy atom. The first-order valence-corrected chi connectivity index (χ1v) is 7.01. The van der Waals surface area contributed by atoms with Crippen molar-refractivity contribution in [3.63, 3.8) is 0 Å². The maximum atomic E-state index is 12.1. The second-order valence-electron chi connectivity index (χ2n) is 4.74. The van der Waals surface area contributed by atoms with Crippen molar-refractivity contribution in [1.82, 2.24) is 4.90 Å². The minimum atomic E-state index is 0.117. The van der Waals surface area contributed by atoms with E-state index in [9.17, 15) is 4.79 Å². The van der Waals surface area contributed by atoms with Crippen LogP contribution in [-0.4, -0.2) is 42.4 Å². The summed E-state index contributed by atoms with van der Waals surface area (Å²) < 4.78 is 10.6. The second-order valence-corrected chi connectivity index (χ2v) is 4.74. The van der Waals surface area contributed by atoms with Gasteiger partial charge in [0, 0.05) is 26.1 Å². The van der Waals surface area contributed by atoms with Crippen LogP contribution in [0.25, 0.3) is 0 Å². The van der Waals surface area contributed by atoms with E-state index in [0.29, 0.717) is 32.4 Å². The molecule has 0 unspecified atom stereocenters. The molecule has 0 fully saturated rings. The highest BCUT2D eigenvalue weighted by molar-refractivity contribution is 5.76. The number of carbonyl (C=O) groups excluding carboxylic acids is 1. The van der Waals surface area contributed by atoms with E-state index >= 15 is 0 Å². The Morgan fingerprint density at radius 2 is 2.15 bits per heavy atom. The molecule has 1 aliphatic rings. The number of carbonyl (C=O) groups is 1. The molecule has 0 spiro atoms. The van der Waals surface area contributed by atoms with Gasteiger partial charge in [0.05, 0.1) is 0 Å². The van der Waals surface area contributed by atoms with Gasteiger partial charge >= 0.3 is 0 Å². The predicted octanol–water partition coefficient (Wildman–Crippen LogP) is 1.58. The number of hydrogen-bond acceptors (Lipinski definition) is 4.